The fourth-order valence-corrected chi connectivity index (χ4v) is 1.57. The molecule has 0 N–H and O–H groups in total. The molecule has 17 heavy (non-hydrogen) atoms. The van der Waals surface area contributed by atoms with E-state index in [2.05, 4.69) is 20.1 Å². The summed E-state index contributed by atoms with van der Waals surface area (Å²) >= 11 is 0. The third kappa shape index (κ3) is 1.90. The first kappa shape index (κ1) is 9.65. The average Bonchev–Trinajstić information content (AvgIpc) is 2.94. The number of nitrogens with zero attached hydrogens (tertiary/aromatic N) is 5. The zero-order valence-corrected chi connectivity index (χ0v) is 8.93. The van der Waals surface area contributed by atoms with Gasteiger partial charge in [-0.1, -0.05) is 0 Å². The summed E-state index contributed by atoms with van der Waals surface area (Å²) < 4.78 is 1.71. The van der Waals surface area contributed by atoms with Crippen LogP contribution in [0.3, 0.4) is 0 Å². The van der Waals surface area contributed by atoms with E-state index in [1.807, 2.05) is 30.5 Å². The van der Waals surface area contributed by atoms with Gasteiger partial charge in [-0.15, -0.1) is 0 Å². The van der Waals surface area contributed by atoms with Gasteiger partial charge in [0, 0.05) is 30.4 Å². The van der Waals surface area contributed by atoms with E-state index in [1.165, 1.54) is 6.33 Å². The Labute approximate surface area is 97.8 Å². The van der Waals surface area contributed by atoms with Crippen molar-refractivity contribution in [3.8, 4) is 17.1 Å². The molecule has 0 spiro atoms. The second kappa shape index (κ2) is 4.13. The Hall–Kier alpha value is -2.56. The Kier molecular flexibility index (Phi) is 2.34. The van der Waals surface area contributed by atoms with E-state index >= 15 is 0 Å². The van der Waals surface area contributed by atoms with Crippen LogP contribution in [-0.2, 0) is 0 Å². The van der Waals surface area contributed by atoms with E-state index in [-0.39, 0.29) is 0 Å². The van der Waals surface area contributed by atoms with Gasteiger partial charge in [0.1, 0.15) is 6.33 Å². The van der Waals surface area contributed by atoms with Crippen LogP contribution in [0, 0.1) is 0 Å². The summed E-state index contributed by atoms with van der Waals surface area (Å²) in [6.07, 6.45) is 8.57. The first-order chi connectivity index (χ1) is 8.43. The normalized spacial score (nSPS) is 10.4. The molecule has 3 aromatic heterocycles. The molecule has 0 amide bonds. The second-order valence-corrected chi connectivity index (χ2v) is 3.45. The van der Waals surface area contributed by atoms with Crippen LogP contribution < -0.4 is 0 Å². The van der Waals surface area contributed by atoms with Crippen LogP contribution in [0.5, 0.6) is 0 Å². The molecule has 0 fully saturated rings. The Balaban J connectivity index is 2.06. The van der Waals surface area contributed by atoms with Gasteiger partial charge >= 0.3 is 0 Å². The van der Waals surface area contributed by atoms with Gasteiger partial charge in [0.05, 0.1) is 5.69 Å². The van der Waals surface area contributed by atoms with E-state index in [9.17, 15) is 0 Å². The van der Waals surface area contributed by atoms with Gasteiger partial charge in [0.15, 0.2) is 5.82 Å². The molecule has 5 nitrogen and oxygen atoms in total. The first-order valence-corrected chi connectivity index (χ1v) is 5.16. The van der Waals surface area contributed by atoms with Crippen molar-refractivity contribution in [1.82, 2.24) is 24.7 Å². The van der Waals surface area contributed by atoms with Gasteiger partial charge < -0.3 is 0 Å². The highest BCUT2D eigenvalue weighted by Gasteiger charge is 2.02. The molecular weight excluding hydrogens is 214 g/mol. The summed E-state index contributed by atoms with van der Waals surface area (Å²) in [4.78, 5) is 12.4. The maximum Gasteiger partial charge on any atom is 0.153 e. The van der Waals surface area contributed by atoms with Crippen LogP contribution in [0.4, 0.5) is 0 Å². The van der Waals surface area contributed by atoms with E-state index in [0.29, 0.717) is 0 Å². The van der Waals surface area contributed by atoms with Gasteiger partial charge in [-0.05, 0) is 24.3 Å². The number of pyridine rings is 1. The number of hydrogen-bond acceptors (Lipinski definition) is 4. The molecule has 3 aromatic rings. The summed E-state index contributed by atoms with van der Waals surface area (Å²) in [6.45, 7) is 0. The van der Waals surface area contributed by atoms with Crippen molar-refractivity contribution in [3.63, 3.8) is 0 Å². The van der Waals surface area contributed by atoms with Crippen molar-refractivity contribution < 1.29 is 0 Å². The number of hydrogen-bond donors (Lipinski definition) is 0. The molecule has 0 aliphatic rings. The quantitative estimate of drug-likeness (QED) is 0.663. The predicted molar refractivity (Wildman–Crippen MR) is 62.4 cm³/mol. The van der Waals surface area contributed by atoms with Crippen molar-refractivity contribution in [2.24, 2.45) is 0 Å². The lowest BCUT2D eigenvalue weighted by Gasteiger charge is -2.03. The Morgan fingerprint density at radius 3 is 2.76 bits per heavy atom. The van der Waals surface area contributed by atoms with E-state index in [1.54, 1.807) is 23.3 Å². The highest BCUT2D eigenvalue weighted by Crippen LogP contribution is 2.17. The van der Waals surface area contributed by atoms with Crippen LogP contribution >= 0.6 is 0 Å². The average molecular weight is 223 g/mol. The van der Waals surface area contributed by atoms with Crippen LogP contribution in [0.2, 0.25) is 0 Å². The van der Waals surface area contributed by atoms with Crippen molar-refractivity contribution in [3.05, 3.63) is 55.4 Å². The van der Waals surface area contributed by atoms with Crippen molar-refractivity contribution in [1.29, 1.82) is 0 Å². The lowest BCUT2D eigenvalue weighted by atomic mass is 10.2. The van der Waals surface area contributed by atoms with Crippen molar-refractivity contribution in [2.75, 3.05) is 0 Å². The summed E-state index contributed by atoms with van der Waals surface area (Å²) in [5, 5.41) is 4.14. The zero-order valence-electron chi connectivity index (χ0n) is 8.93. The van der Waals surface area contributed by atoms with Gasteiger partial charge in [0.2, 0.25) is 0 Å². The molecule has 5 heteroatoms. The zero-order chi connectivity index (χ0) is 11.5. The molecule has 0 bridgehead atoms. The third-order valence-electron chi connectivity index (χ3n) is 2.36. The fourth-order valence-electron chi connectivity index (χ4n) is 1.57. The van der Waals surface area contributed by atoms with Crippen LogP contribution in [0.1, 0.15) is 0 Å². The summed E-state index contributed by atoms with van der Waals surface area (Å²) in [7, 11) is 0. The third-order valence-corrected chi connectivity index (χ3v) is 2.36. The summed E-state index contributed by atoms with van der Waals surface area (Å²) in [5.74, 6) is 0.770. The standard InChI is InChI=1S/C12H9N5/c1-4-16-17(7-1)12-8-10(2-6-14-12)11-3-5-13-9-15-11/h1-9H. The second-order valence-electron chi connectivity index (χ2n) is 3.45. The highest BCUT2D eigenvalue weighted by molar-refractivity contribution is 5.59. The molecule has 0 unspecified atom stereocenters. The lowest BCUT2D eigenvalue weighted by molar-refractivity contribution is 0.847. The summed E-state index contributed by atoms with van der Waals surface area (Å²) in [6, 6.07) is 7.58. The predicted octanol–water partition coefficient (Wildman–Crippen LogP) is 1.72. The smallest absolute Gasteiger partial charge is 0.153 e. The molecule has 3 rings (SSSR count). The van der Waals surface area contributed by atoms with Gasteiger partial charge in [-0.25, -0.2) is 19.6 Å². The molecule has 3 heterocycles. The van der Waals surface area contributed by atoms with E-state index < -0.39 is 0 Å². The van der Waals surface area contributed by atoms with Gasteiger partial charge in [0.25, 0.3) is 0 Å². The van der Waals surface area contributed by atoms with Crippen LogP contribution in [0.25, 0.3) is 17.1 Å². The maximum atomic E-state index is 4.26. The molecule has 0 aliphatic carbocycles. The monoisotopic (exact) mass is 223 g/mol. The molecule has 0 saturated carbocycles. The largest absolute Gasteiger partial charge is 0.245 e. The topological polar surface area (TPSA) is 56.5 Å². The fraction of sp³-hybridized carbons (Fsp3) is 0. The van der Waals surface area contributed by atoms with Crippen LogP contribution in [-0.4, -0.2) is 24.7 Å². The Morgan fingerprint density at radius 2 is 2.00 bits per heavy atom. The Bertz CT molecular complexity index is 604. The SMILES string of the molecule is c1cnn(-c2cc(-c3ccncn3)ccn2)c1. The molecular formula is C12H9N5. The first-order valence-electron chi connectivity index (χ1n) is 5.16. The van der Waals surface area contributed by atoms with Gasteiger partial charge in [-0.3, -0.25) is 0 Å². The van der Waals surface area contributed by atoms with Gasteiger partial charge in [-0.2, -0.15) is 5.10 Å². The molecule has 0 aromatic carbocycles. The molecule has 0 saturated heterocycles. The minimum Gasteiger partial charge on any atom is -0.245 e. The van der Waals surface area contributed by atoms with E-state index in [4.69, 9.17) is 0 Å². The van der Waals surface area contributed by atoms with Crippen molar-refractivity contribution >= 4 is 0 Å². The minimum atomic E-state index is 0.770. The van der Waals surface area contributed by atoms with Crippen molar-refractivity contribution in [2.45, 2.75) is 0 Å². The minimum absolute atomic E-state index is 0.770. The Morgan fingerprint density at radius 1 is 1.00 bits per heavy atom. The maximum absolute atomic E-state index is 4.26. The number of aromatic nitrogens is 5. The molecule has 0 radical (unpaired) electrons. The highest BCUT2D eigenvalue weighted by atomic mass is 15.3. The number of rotatable bonds is 2. The molecule has 0 atom stereocenters. The molecule has 0 aliphatic heterocycles. The van der Waals surface area contributed by atoms with Crippen LogP contribution in [0.15, 0.2) is 55.4 Å². The van der Waals surface area contributed by atoms with E-state index in [0.717, 1.165) is 17.1 Å². The summed E-state index contributed by atoms with van der Waals surface area (Å²) in [5.41, 5.74) is 1.86. The molecule has 82 valence electrons. The lowest BCUT2D eigenvalue weighted by Crippen LogP contribution is -1.97.